The molecule has 0 unspecified atom stereocenters. The van der Waals surface area contributed by atoms with Crippen LogP contribution in [0.1, 0.15) is 0 Å². The van der Waals surface area contributed by atoms with E-state index < -0.39 is 0 Å². The van der Waals surface area contributed by atoms with Crippen molar-refractivity contribution in [1.82, 2.24) is 24.5 Å². The second-order valence-electron chi connectivity index (χ2n) is 4.11. The molecule has 0 spiro atoms. The Morgan fingerprint density at radius 3 is 2.68 bits per heavy atom. The van der Waals surface area contributed by atoms with Gasteiger partial charge in [0, 0.05) is 29.5 Å². The Bertz CT molecular complexity index is 712. The van der Waals surface area contributed by atoms with Gasteiger partial charge in [0.2, 0.25) is 0 Å². The lowest BCUT2D eigenvalue weighted by molar-refractivity contribution is 0.768. The first kappa shape index (κ1) is 11.9. The summed E-state index contributed by atoms with van der Waals surface area (Å²) in [6.07, 6.45) is 7.08. The van der Waals surface area contributed by atoms with E-state index in [0.29, 0.717) is 17.2 Å². The Balaban J connectivity index is 2.04. The van der Waals surface area contributed by atoms with Crippen LogP contribution in [0.5, 0.6) is 0 Å². The Morgan fingerprint density at radius 2 is 2.05 bits per heavy atom. The number of rotatable bonds is 2. The van der Waals surface area contributed by atoms with Gasteiger partial charge in [-0.05, 0) is 28.1 Å². The topological polar surface area (TPSA) is 74.5 Å². The summed E-state index contributed by atoms with van der Waals surface area (Å²) in [6, 6.07) is 3.77. The molecule has 0 fully saturated rings. The molecule has 0 radical (unpaired) electrons. The molecule has 2 N–H and O–H groups in total. The minimum Gasteiger partial charge on any atom is -0.396 e. The summed E-state index contributed by atoms with van der Waals surface area (Å²) in [7, 11) is 1.85. The molecule has 0 aliphatic carbocycles. The SMILES string of the molecule is Cn1cc(-c2nn(-c3ccc(Br)cn3)cc2N)cn1. The van der Waals surface area contributed by atoms with Crippen LogP contribution >= 0.6 is 15.9 Å². The molecule has 19 heavy (non-hydrogen) atoms. The average molecular weight is 319 g/mol. The van der Waals surface area contributed by atoms with Gasteiger partial charge in [0.15, 0.2) is 5.82 Å². The average Bonchev–Trinajstić information content (AvgIpc) is 2.96. The number of nitrogen functional groups attached to an aromatic ring is 1. The number of pyridine rings is 1. The Hall–Kier alpha value is -2.15. The van der Waals surface area contributed by atoms with Crippen LogP contribution in [-0.4, -0.2) is 24.5 Å². The quantitative estimate of drug-likeness (QED) is 0.784. The molecule has 0 atom stereocenters. The highest BCUT2D eigenvalue weighted by Gasteiger charge is 2.11. The van der Waals surface area contributed by atoms with E-state index in [4.69, 9.17) is 5.73 Å². The van der Waals surface area contributed by atoms with Crippen molar-refractivity contribution in [3.8, 4) is 17.1 Å². The monoisotopic (exact) mass is 318 g/mol. The fourth-order valence-electron chi connectivity index (χ4n) is 1.78. The van der Waals surface area contributed by atoms with Crippen LogP contribution in [0.15, 0.2) is 41.4 Å². The van der Waals surface area contributed by atoms with Crippen LogP contribution in [0.2, 0.25) is 0 Å². The lowest BCUT2D eigenvalue weighted by Gasteiger charge is -1.99. The van der Waals surface area contributed by atoms with Crippen LogP contribution in [0, 0.1) is 0 Å². The number of halogens is 1. The van der Waals surface area contributed by atoms with Crippen molar-refractivity contribution < 1.29 is 0 Å². The third-order valence-electron chi connectivity index (χ3n) is 2.67. The number of hydrogen-bond donors (Lipinski definition) is 1. The van der Waals surface area contributed by atoms with Gasteiger partial charge < -0.3 is 5.73 Å². The molecule has 3 aromatic rings. The first-order valence-corrected chi connectivity index (χ1v) is 6.39. The van der Waals surface area contributed by atoms with Crippen LogP contribution in [0.4, 0.5) is 5.69 Å². The van der Waals surface area contributed by atoms with E-state index in [9.17, 15) is 0 Å². The molecule has 0 saturated carbocycles. The smallest absolute Gasteiger partial charge is 0.153 e. The fourth-order valence-corrected chi connectivity index (χ4v) is 2.01. The molecule has 0 saturated heterocycles. The molecule has 0 aromatic carbocycles. The van der Waals surface area contributed by atoms with Gasteiger partial charge >= 0.3 is 0 Å². The van der Waals surface area contributed by atoms with Crippen LogP contribution in [0.3, 0.4) is 0 Å². The zero-order chi connectivity index (χ0) is 13.4. The van der Waals surface area contributed by atoms with Crippen molar-refractivity contribution in [2.45, 2.75) is 0 Å². The zero-order valence-electron chi connectivity index (χ0n) is 10.2. The second kappa shape index (κ2) is 4.51. The number of aryl methyl sites for hydroxylation is 1. The van der Waals surface area contributed by atoms with E-state index in [1.54, 1.807) is 28.0 Å². The molecule has 0 amide bonds. The number of nitrogens with zero attached hydrogens (tertiary/aromatic N) is 5. The summed E-state index contributed by atoms with van der Waals surface area (Å²) in [5.41, 5.74) is 8.18. The van der Waals surface area contributed by atoms with E-state index in [2.05, 4.69) is 31.1 Å². The van der Waals surface area contributed by atoms with Crippen molar-refractivity contribution in [2.24, 2.45) is 7.05 Å². The van der Waals surface area contributed by atoms with Crippen molar-refractivity contribution in [2.75, 3.05) is 5.73 Å². The molecule has 0 bridgehead atoms. The van der Waals surface area contributed by atoms with E-state index in [-0.39, 0.29) is 0 Å². The number of hydrogen-bond acceptors (Lipinski definition) is 4. The normalized spacial score (nSPS) is 10.8. The lowest BCUT2D eigenvalue weighted by Crippen LogP contribution is -1.97. The van der Waals surface area contributed by atoms with E-state index >= 15 is 0 Å². The Labute approximate surface area is 118 Å². The van der Waals surface area contributed by atoms with Gasteiger partial charge in [-0.3, -0.25) is 4.68 Å². The Morgan fingerprint density at radius 1 is 1.21 bits per heavy atom. The summed E-state index contributed by atoms with van der Waals surface area (Å²) < 4.78 is 4.29. The van der Waals surface area contributed by atoms with Gasteiger partial charge in [-0.2, -0.15) is 10.2 Å². The molecular weight excluding hydrogens is 308 g/mol. The van der Waals surface area contributed by atoms with Crippen LogP contribution < -0.4 is 5.73 Å². The highest BCUT2D eigenvalue weighted by atomic mass is 79.9. The van der Waals surface area contributed by atoms with Gasteiger partial charge in [-0.1, -0.05) is 0 Å². The first-order valence-electron chi connectivity index (χ1n) is 5.59. The lowest BCUT2D eigenvalue weighted by atomic mass is 10.2. The molecule has 3 rings (SSSR count). The predicted octanol–water partition coefficient (Wildman–Crippen LogP) is 2.01. The van der Waals surface area contributed by atoms with Gasteiger partial charge in [0.05, 0.1) is 18.1 Å². The summed E-state index contributed by atoms with van der Waals surface area (Å²) in [6.45, 7) is 0. The maximum Gasteiger partial charge on any atom is 0.153 e. The number of anilines is 1. The van der Waals surface area contributed by atoms with E-state index in [1.807, 2.05) is 25.4 Å². The molecule has 6 nitrogen and oxygen atoms in total. The summed E-state index contributed by atoms with van der Waals surface area (Å²) in [4.78, 5) is 4.28. The van der Waals surface area contributed by atoms with Crippen molar-refractivity contribution in [3.63, 3.8) is 0 Å². The van der Waals surface area contributed by atoms with Gasteiger partial charge in [0.1, 0.15) is 5.69 Å². The molecule has 0 aliphatic heterocycles. The third kappa shape index (κ3) is 2.24. The fraction of sp³-hybridized carbons (Fsp3) is 0.0833. The Kier molecular flexibility index (Phi) is 2.83. The highest BCUT2D eigenvalue weighted by Crippen LogP contribution is 2.24. The zero-order valence-corrected chi connectivity index (χ0v) is 11.7. The molecule has 3 aromatic heterocycles. The number of aromatic nitrogens is 5. The first-order chi connectivity index (χ1) is 9.13. The molecular formula is C12H11BrN6. The van der Waals surface area contributed by atoms with Crippen LogP contribution in [-0.2, 0) is 7.05 Å². The van der Waals surface area contributed by atoms with Crippen molar-refractivity contribution >= 4 is 21.6 Å². The summed E-state index contributed by atoms with van der Waals surface area (Å²) >= 11 is 3.35. The second-order valence-corrected chi connectivity index (χ2v) is 5.03. The number of nitrogens with two attached hydrogens (primary N) is 1. The molecule has 3 heterocycles. The molecule has 96 valence electrons. The van der Waals surface area contributed by atoms with Gasteiger partial charge in [0.25, 0.3) is 0 Å². The minimum atomic E-state index is 0.595. The molecule has 7 heteroatoms. The van der Waals surface area contributed by atoms with E-state index in [0.717, 1.165) is 10.0 Å². The van der Waals surface area contributed by atoms with Crippen molar-refractivity contribution in [1.29, 1.82) is 0 Å². The van der Waals surface area contributed by atoms with Crippen molar-refractivity contribution in [3.05, 3.63) is 41.4 Å². The highest BCUT2D eigenvalue weighted by molar-refractivity contribution is 9.10. The largest absolute Gasteiger partial charge is 0.396 e. The molecule has 0 aliphatic rings. The standard InChI is InChI=1S/C12H11BrN6/c1-18-6-8(4-16-18)12-10(14)7-19(17-12)11-3-2-9(13)5-15-11/h2-7H,14H2,1H3. The third-order valence-corrected chi connectivity index (χ3v) is 3.14. The van der Waals surface area contributed by atoms with Crippen LogP contribution in [0.25, 0.3) is 17.1 Å². The summed E-state index contributed by atoms with van der Waals surface area (Å²) in [5, 5.41) is 8.57. The van der Waals surface area contributed by atoms with E-state index in [1.165, 1.54) is 0 Å². The maximum atomic E-state index is 5.99. The van der Waals surface area contributed by atoms with Gasteiger partial charge in [-0.25, -0.2) is 9.67 Å². The minimum absolute atomic E-state index is 0.595. The predicted molar refractivity (Wildman–Crippen MR) is 75.7 cm³/mol. The van der Waals surface area contributed by atoms with Gasteiger partial charge in [-0.15, -0.1) is 0 Å². The maximum absolute atomic E-state index is 5.99. The summed E-state index contributed by atoms with van der Waals surface area (Å²) in [5.74, 6) is 0.713.